The average molecular weight is 331 g/mol. The second-order valence-corrected chi connectivity index (χ2v) is 6.77. The standard InChI is InChI=1S/C15H13N3O4S/c19-23(20,12-3-4-14-15(8-12)22-6-5-21-14)18-11-2-1-10-9-16-17-13(10)7-11/h1-4,7-9,18H,5-6H2,(H,16,17). The van der Waals surface area contributed by atoms with Crippen LogP contribution >= 0.6 is 0 Å². The number of rotatable bonds is 3. The van der Waals surface area contributed by atoms with Gasteiger partial charge in [-0.25, -0.2) is 8.42 Å². The van der Waals surface area contributed by atoms with Crippen molar-refractivity contribution < 1.29 is 17.9 Å². The minimum Gasteiger partial charge on any atom is -0.486 e. The van der Waals surface area contributed by atoms with Gasteiger partial charge in [0, 0.05) is 11.5 Å². The zero-order valence-corrected chi connectivity index (χ0v) is 12.8. The number of nitrogens with one attached hydrogen (secondary N) is 2. The van der Waals surface area contributed by atoms with Crippen molar-refractivity contribution in [1.29, 1.82) is 0 Å². The van der Waals surface area contributed by atoms with E-state index in [0.717, 1.165) is 10.9 Å². The van der Waals surface area contributed by atoms with E-state index in [0.29, 0.717) is 30.4 Å². The molecule has 1 aromatic heterocycles. The van der Waals surface area contributed by atoms with E-state index in [4.69, 9.17) is 9.47 Å². The number of aromatic amines is 1. The first kappa shape index (κ1) is 13.9. The van der Waals surface area contributed by atoms with E-state index in [-0.39, 0.29) is 4.90 Å². The highest BCUT2D eigenvalue weighted by atomic mass is 32.2. The van der Waals surface area contributed by atoms with Crippen LogP contribution in [-0.4, -0.2) is 31.8 Å². The van der Waals surface area contributed by atoms with E-state index in [1.165, 1.54) is 12.1 Å². The van der Waals surface area contributed by atoms with E-state index >= 15 is 0 Å². The topological polar surface area (TPSA) is 93.3 Å². The van der Waals surface area contributed by atoms with Gasteiger partial charge in [0.25, 0.3) is 10.0 Å². The minimum absolute atomic E-state index is 0.117. The molecule has 1 aliphatic heterocycles. The van der Waals surface area contributed by atoms with E-state index in [1.54, 1.807) is 30.5 Å². The fourth-order valence-electron chi connectivity index (χ4n) is 2.41. The Kier molecular flexibility index (Phi) is 3.12. The largest absolute Gasteiger partial charge is 0.486 e. The molecule has 4 rings (SSSR count). The Balaban J connectivity index is 1.66. The van der Waals surface area contributed by atoms with Crippen molar-refractivity contribution in [2.75, 3.05) is 17.9 Å². The molecule has 0 aliphatic carbocycles. The first-order valence-corrected chi connectivity index (χ1v) is 8.46. The van der Waals surface area contributed by atoms with Crippen molar-refractivity contribution in [3.05, 3.63) is 42.6 Å². The van der Waals surface area contributed by atoms with Gasteiger partial charge in [-0.1, -0.05) is 0 Å². The molecule has 2 heterocycles. The molecule has 0 saturated carbocycles. The molecule has 0 amide bonds. The number of sulfonamides is 1. The molecule has 2 N–H and O–H groups in total. The number of nitrogens with zero attached hydrogens (tertiary/aromatic N) is 1. The molecule has 3 aromatic rings. The number of hydrogen-bond donors (Lipinski definition) is 2. The average Bonchev–Trinajstić information content (AvgIpc) is 3.01. The van der Waals surface area contributed by atoms with Crippen molar-refractivity contribution in [3.8, 4) is 11.5 Å². The third-order valence-corrected chi connectivity index (χ3v) is 4.90. The van der Waals surface area contributed by atoms with Crippen molar-refractivity contribution in [2.45, 2.75) is 4.90 Å². The summed E-state index contributed by atoms with van der Waals surface area (Å²) in [5, 5.41) is 7.63. The second-order valence-electron chi connectivity index (χ2n) is 5.08. The Morgan fingerprint density at radius 1 is 1.04 bits per heavy atom. The number of aromatic nitrogens is 2. The van der Waals surface area contributed by atoms with Crippen LogP contribution in [0.15, 0.2) is 47.5 Å². The molecule has 0 radical (unpaired) electrons. The highest BCUT2D eigenvalue weighted by molar-refractivity contribution is 7.92. The van der Waals surface area contributed by atoms with Crippen LogP contribution in [-0.2, 0) is 10.0 Å². The van der Waals surface area contributed by atoms with Crippen molar-refractivity contribution >= 4 is 26.6 Å². The van der Waals surface area contributed by atoms with Gasteiger partial charge in [0.05, 0.1) is 22.3 Å². The van der Waals surface area contributed by atoms with Crippen LogP contribution in [0.2, 0.25) is 0 Å². The molecule has 0 saturated heterocycles. The molecular formula is C15H13N3O4S. The van der Waals surface area contributed by atoms with Gasteiger partial charge in [0.2, 0.25) is 0 Å². The van der Waals surface area contributed by atoms with Crippen LogP contribution in [0.5, 0.6) is 11.5 Å². The van der Waals surface area contributed by atoms with E-state index < -0.39 is 10.0 Å². The summed E-state index contributed by atoms with van der Waals surface area (Å²) in [4.78, 5) is 0.117. The normalized spacial score (nSPS) is 13.9. The smallest absolute Gasteiger partial charge is 0.262 e. The van der Waals surface area contributed by atoms with Gasteiger partial charge >= 0.3 is 0 Å². The van der Waals surface area contributed by atoms with Gasteiger partial charge < -0.3 is 9.47 Å². The summed E-state index contributed by atoms with van der Waals surface area (Å²) in [5.41, 5.74) is 1.21. The molecule has 0 spiro atoms. The van der Waals surface area contributed by atoms with Crippen molar-refractivity contribution in [2.24, 2.45) is 0 Å². The predicted octanol–water partition coefficient (Wildman–Crippen LogP) is 2.13. The number of hydrogen-bond acceptors (Lipinski definition) is 5. The van der Waals surface area contributed by atoms with Crippen LogP contribution in [0, 0.1) is 0 Å². The molecule has 2 aromatic carbocycles. The monoisotopic (exact) mass is 331 g/mol. The zero-order valence-electron chi connectivity index (χ0n) is 11.9. The summed E-state index contributed by atoms with van der Waals surface area (Å²) < 4.78 is 38.4. The summed E-state index contributed by atoms with van der Waals surface area (Å²) in [5.74, 6) is 0.984. The third-order valence-electron chi connectivity index (χ3n) is 3.52. The Hall–Kier alpha value is -2.74. The van der Waals surface area contributed by atoms with E-state index in [9.17, 15) is 8.42 Å². The maximum atomic E-state index is 12.5. The molecule has 0 atom stereocenters. The number of ether oxygens (including phenoxy) is 2. The number of benzene rings is 2. The lowest BCUT2D eigenvalue weighted by Crippen LogP contribution is -2.17. The molecular weight excluding hydrogens is 318 g/mol. The summed E-state index contributed by atoms with van der Waals surface area (Å²) in [6, 6.07) is 9.73. The van der Waals surface area contributed by atoms with E-state index in [2.05, 4.69) is 14.9 Å². The lowest BCUT2D eigenvalue weighted by Gasteiger charge is -2.19. The predicted molar refractivity (Wildman–Crippen MR) is 84.3 cm³/mol. The first-order chi connectivity index (χ1) is 11.1. The van der Waals surface area contributed by atoms with Gasteiger partial charge in [0.1, 0.15) is 13.2 Å². The lowest BCUT2D eigenvalue weighted by atomic mass is 10.2. The van der Waals surface area contributed by atoms with E-state index in [1.807, 2.05) is 0 Å². The maximum absolute atomic E-state index is 12.5. The zero-order chi connectivity index (χ0) is 15.9. The summed E-state index contributed by atoms with van der Waals surface area (Å²) in [6.45, 7) is 0.863. The molecule has 118 valence electrons. The van der Waals surface area contributed by atoms with Crippen LogP contribution in [0.4, 0.5) is 5.69 Å². The SMILES string of the molecule is O=S(=O)(Nc1ccc2cn[nH]c2c1)c1ccc2c(c1)OCCO2. The first-order valence-electron chi connectivity index (χ1n) is 6.97. The Morgan fingerprint density at radius 3 is 2.74 bits per heavy atom. The molecule has 0 bridgehead atoms. The van der Waals surface area contributed by atoms with Crippen molar-refractivity contribution in [1.82, 2.24) is 10.2 Å². The number of anilines is 1. The fraction of sp³-hybridized carbons (Fsp3) is 0.133. The van der Waals surface area contributed by atoms with Gasteiger partial charge in [-0.3, -0.25) is 9.82 Å². The maximum Gasteiger partial charge on any atom is 0.262 e. The third kappa shape index (κ3) is 2.57. The molecule has 0 fully saturated rings. The van der Waals surface area contributed by atoms with Gasteiger partial charge in [0.15, 0.2) is 11.5 Å². The molecule has 8 heteroatoms. The fourth-order valence-corrected chi connectivity index (χ4v) is 3.47. The summed E-state index contributed by atoms with van der Waals surface area (Å²) in [6.07, 6.45) is 1.68. The molecule has 7 nitrogen and oxygen atoms in total. The van der Waals surface area contributed by atoms with Gasteiger partial charge in [-0.05, 0) is 30.3 Å². The van der Waals surface area contributed by atoms with Crippen LogP contribution in [0.1, 0.15) is 0 Å². The minimum atomic E-state index is -3.72. The number of fused-ring (bicyclic) bond motifs is 2. The van der Waals surface area contributed by atoms with Crippen LogP contribution < -0.4 is 14.2 Å². The number of H-pyrrole nitrogens is 1. The molecule has 1 aliphatic rings. The Labute approximate surface area is 132 Å². The molecule has 23 heavy (non-hydrogen) atoms. The second kappa shape index (κ2) is 5.17. The molecule has 0 unspecified atom stereocenters. The van der Waals surface area contributed by atoms with Crippen LogP contribution in [0.25, 0.3) is 10.9 Å². The Morgan fingerprint density at radius 2 is 1.87 bits per heavy atom. The van der Waals surface area contributed by atoms with Crippen LogP contribution in [0.3, 0.4) is 0 Å². The highest BCUT2D eigenvalue weighted by Gasteiger charge is 2.19. The summed E-state index contributed by atoms with van der Waals surface area (Å²) >= 11 is 0. The highest BCUT2D eigenvalue weighted by Crippen LogP contribution is 2.32. The van der Waals surface area contributed by atoms with Gasteiger partial charge in [-0.15, -0.1) is 0 Å². The van der Waals surface area contributed by atoms with Gasteiger partial charge in [-0.2, -0.15) is 5.10 Å². The Bertz CT molecular complexity index is 981. The quantitative estimate of drug-likeness (QED) is 0.767. The summed E-state index contributed by atoms with van der Waals surface area (Å²) in [7, 11) is -3.72. The lowest BCUT2D eigenvalue weighted by molar-refractivity contribution is 0.171. The van der Waals surface area contributed by atoms with Crippen molar-refractivity contribution in [3.63, 3.8) is 0 Å².